The maximum Gasteiger partial charge on any atom is 0.267 e. The first-order valence-corrected chi connectivity index (χ1v) is 7.30. The van der Waals surface area contributed by atoms with Gasteiger partial charge in [0.25, 0.3) is 5.91 Å². The highest BCUT2D eigenvalue weighted by atomic mass is 79.9. The van der Waals surface area contributed by atoms with Gasteiger partial charge in [0.1, 0.15) is 4.88 Å². The van der Waals surface area contributed by atoms with Crippen molar-refractivity contribution in [2.45, 2.75) is 26.0 Å². The van der Waals surface area contributed by atoms with E-state index in [4.69, 9.17) is 4.74 Å². The van der Waals surface area contributed by atoms with Crippen LogP contribution in [0.15, 0.2) is 0 Å². The molecule has 1 fully saturated rings. The molecule has 17 heavy (non-hydrogen) atoms. The van der Waals surface area contributed by atoms with Gasteiger partial charge in [0.15, 0.2) is 0 Å². The van der Waals surface area contributed by atoms with Gasteiger partial charge >= 0.3 is 0 Å². The first-order chi connectivity index (χ1) is 8.13. The van der Waals surface area contributed by atoms with Gasteiger partial charge in [-0.25, -0.2) is 0 Å². The SMILES string of the molecule is Cc1nnsc1C(=O)N1CC(CBr)OCC1C. The minimum atomic E-state index is 0.0132. The van der Waals surface area contributed by atoms with Crippen LogP contribution in [0.5, 0.6) is 0 Å². The van der Waals surface area contributed by atoms with Gasteiger partial charge in [-0.3, -0.25) is 4.79 Å². The van der Waals surface area contributed by atoms with Gasteiger partial charge < -0.3 is 9.64 Å². The standard InChI is InChI=1S/C10H14BrN3O2S/c1-6-5-16-8(3-11)4-14(6)10(15)9-7(2)12-13-17-9/h6,8H,3-5H2,1-2H3. The fraction of sp³-hybridized carbons (Fsp3) is 0.700. The molecule has 94 valence electrons. The summed E-state index contributed by atoms with van der Waals surface area (Å²) in [5.41, 5.74) is 0.703. The van der Waals surface area contributed by atoms with E-state index in [1.807, 2.05) is 18.7 Å². The van der Waals surface area contributed by atoms with Crippen LogP contribution in [0.3, 0.4) is 0 Å². The molecule has 5 nitrogen and oxygen atoms in total. The maximum atomic E-state index is 12.3. The van der Waals surface area contributed by atoms with Gasteiger partial charge in [-0.15, -0.1) is 5.10 Å². The highest BCUT2D eigenvalue weighted by Crippen LogP contribution is 2.19. The number of hydrogen-bond acceptors (Lipinski definition) is 5. The average Bonchev–Trinajstić information content (AvgIpc) is 2.75. The molecule has 1 saturated heterocycles. The highest BCUT2D eigenvalue weighted by molar-refractivity contribution is 9.09. The lowest BCUT2D eigenvalue weighted by atomic mass is 10.2. The molecule has 1 aliphatic heterocycles. The number of halogens is 1. The van der Waals surface area contributed by atoms with Crippen LogP contribution in [-0.2, 0) is 4.74 Å². The Balaban J connectivity index is 2.15. The van der Waals surface area contributed by atoms with Gasteiger partial charge in [0.05, 0.1) is 24.4 Å². The fourth-order valence-corrected chi connectivity index (χ4v) is 2.76. The summed E-state index contributed by atoms with van der Waals surface area (Å²) < 4.78 is 9.40. The summed E-state index contributed by atoms with van der Waals surface area (Å²) in [4.78, 5) is 14.8. The smallest absolute Gasteiger partial charge is 0.267 e. The van der Waals surface area contributed by atoms with E-state index >= 15 is 0 Å². The van der Waals surface area contributed by atoms with Crippen LogP contribution >= 0.6 is 27.5 Å². The van der Waals surface area contributed by atoms with E-state index in [-0.39, 0.29) is 18.1 Å². The van der Waals surface area contributed by atoms with Gasteiger partial charge in [0, 0.05) is 11.9 Å². The number of aromatic nitrogens is 2. The van der Waals surface area contributed by atoms with E-state index in [0.29, 0.717) is 23.7 Å². The molecule has 7 heteroatoms. The Morgan fingerprint density at radius 1 is 1.71 bits per heavy atom. The predicted octanol–water partition coefficient (Wildman–Crippen LogP) is 1.47. The third-order valence-corrected chi connectivity index (χ3v) is 4.32. The number of alkyl halides is 1. The summed E-state index contributed by atoms with van der Waals surface area (Å²) >= 11 is 4.54. The van der Waals surface area contributed by atoms with E-state index < -0.39 is 0 Å². The number of morpholine rings is 1. The van der Waals surface area contributed by atoms with Gasteiger partial charge in [0.2, 0.25) is 0 Å². The molecule has 2 heterocycles. The molecular weight excluding hydrogens is 306 g/mol. The molecule has 0 N–H and O–H groups in total. The van der Waals surface area contributed by atoms with Crippen molar-refractivity contribution in [3.05, 3.63) is 10.6 Å². The first kappa shape index (κ1) is 12.9. The third kappa shape index (κ3) is 2.66. The van der Waals surface area contributed by atoms with Gasteiger partial charge in [-0.1, -0.05) is 20.4 Å². The fourth-order valence-electron chi connectivity index (χ4n) is 1.75. The van der Waals surface area contributed by atoms with E-state index in [2.05, 4.69) is 25.5 Å². The van der Waals surface area contributed by atoms with Crippen LogP contribution in [0.2, 0.25) is 0 Å². The largest absolute Gasteiger partial charge is 0.373 e. The number of aryl methyl sites for hydroxylation is 1. The molecule has 2 atom stereocenters. The van der Waals surface area contributed by atoms with Crippen LogP contribution in [0.1, 0.15) is 22.3 Å². The second-order valence-electron chi connectivity index (χ2n) is 4.10. The summed E-state index contributed by atoms with van der Waals surface area (Å²) in [5, 5.41) is 4.62. The van der Waals surface area contributed by atoms with Crippen molar-refractivity contribution < 1.29 is 9.53 Å². The first-order valence-electron chi connectivity index (χ1n) is 5.41. The Hall–Kier alpha value is -0.530. The zero-order chi connectivity index (χ0) is 12.4. The molecule has 1 aromatic rings. The van der Waals surface area contributed by atoms with Crippen LogP contribution < -0.4 is 0 Å². The third-order valence-electron chi connectivity index (χ3n) is 2.78. The van der Waals surface area contributed by atoms with Gasteiger partial charge in [-0.05, 0) is 25.4 Å². The van der Waals surface area contributed by atoms with Crippen LogP contribution in [0, 0.1) is 6.92 Å². The van der Waals surface area contributed by atoms with Crippen LogP contribution in [-0.4, -0.2) is 51.0 Å². The molecule has 2 rings (SSSR count). The molecule has 0 aliphatic carbocycles. The van der Waals surface area contributed by atoms with Crippen molar-refractivity contribution in [1.29, 1.82) is 0 Å². The summed E-state index contributed by atoms with van der Waals surface area (Å²) in [6.45, 7) is 4.99. The van der Waals surface area contributed by atoms with E-state index in [1.54, 1.807) is 0 Å². The molecular formula is C10H14BrN3O2S. The van der Waals surface area contributed by atoms with Crippen molar-refractivity contribution in [2.24, 2.45) is 0 Å². The Kier molecular flexibility index (Phi) is 4.11. The topological polar surface area (TPSA) is 55.3 Å². The minimum absolute atomic E-state index is 0.0132. The number of ether oxygens (including phenoxy) is 1. The number of carbonyl (C=O) groups excluding carboxylic acids is 1. The molecule has 0 bridgehead atoms. The zero-order valence-corrected chi connectivity index (χ0v) is 12.1. The van der Waals surface area contributed by atoms with Gasteiger partial charge in [-0.2, -0.15) is 0 Å². The van der Waals surface area contributed by atoms with Crippen molar-refractivity contribution in [1.82, 2.24) is 14.5 Å². The lowest BCUT2D eigenvalue weighted by Gasteiger charge is -2.37. The summed E-state index contributed by atoms with van der Waals surface area (Å²) in [7, 11) is 0. The quantitative estimate of drug-likeness (QED) is 0.775. The number of amides is 1. The molecule has 1 aromatic heterocycles. The Labute approximate surface area is 112 Å². The van der Waals surface area contributed by atoms with E-state index in [9.17, 15) is 4.79 Å². The number of carbonyl (C=O) groups is 1. The predicted molar refractivity (Wildman–Crippen MR) is 68.7 cm³/mol. The summed E-state index contributed by atoms with van der Waals surface area (Å²) in [5.74, 6) is 0.0132. The maximum absolute atomic E-state index is 12.3. The second-order valence-corrected chi connectivity index (χ2v) is 5.51. The molecule has 0 radical (unpaired) electrons. The lowest BCUT2D eigenvalue weighted by molar-refractivity contribution is -0.0360. The van der Waals surface area contributed by atoms with E-state index in [0.717, 1.165) is 16.9 Å². The van der Waals surface area contributed by atoms with Crippen molar-refractivity contribution in [3.8, 4) is 0 Å². The molecule has 0 aromatic carbocycles. The Morgan fingerprint density at radius 3 is 3.06 bits per heavy atom. The number of nitrogens with zero attached hydrogens (tertiary/aromatic N) is 3. The molecule has 0 spiro atoms. The Morgan fingerprint density at radius 2 is 2.47 bits per heavy atom. The molecule has 1 aliphatic rings. The van der Waals surface area contributed by atoms with E-state index in [1.165, 1.54) is 0 Å². The summed E-state index contributed by atoms with van der Waals surface area (Å²) in [6, 6.07) is 0.0966. The zero-order valence-electron chi connectivity index (χ0n) is 9.72. The molecule has 1 amide bonds. The van der Waals surface area contributed by atoms with Crippen molar-refractivity contribution in [3.63, 3.8) is 0 Å². The lowest BCUT2D eigenvalue weighted by Crippen LogP contribution is -2.51. The number of hydrogen-bond donors (Lipinski definition) is 0. The van der Waals surface area contributed by atoms with Crippen molar-refractivity contribution >= 4 is 33.4 Å². The monoisotopic (exact) mass is 319 g/mol. The Bertz CT molecular complexity index is 412. The van der Waals surface area contributed by atoms with Crippen molar-refractivity contribution in [2.75, 3.05) is 18.5 Å². The van der Waals surface area contributed by atoms with Crippen LogP contribution in [0.4, 0.5) is 0 Å². The summed E-state index contributed by atoms with van der Waals surface area (Å²) in [6.07, 6.45) is 0.0661. The van der Waals surface area contributed by atoms with Crippen LogP contribution in [0.25, 0.3) is 0 Å². The average molecular weight is 320 g/mol. The minimum Gasteiger partial charge on any atom is -0.373 e. The normalized spacial score (nSPS) is 25.0. The molecule has 2 unspecified atom stereocenters. The number of rotatable bonds is 2. The molecule has 0 saturated carbocycles. The highest BCUT2D eigenvalue weighted by Gasteiger charge is 2.31. The second kappa shape index (κ2) is 5.41.